The Kier molecular flexibility index (Phi) is 5.11. The maximum absolute atomic E-state index is 13.2. The van der Waals surface area contributed by atoms with Crippen LogP contribution in [0.15, 0.2) is 53.4 Å². The SMILES string of the molecule is N#Cc1ccc(S(=O)(=O)N2CCN(C(=O)C3(c4ccc(Cl)cc4)CC3)CC2)cc1. The quantitative estimate of drug-likeness (QED) is 0.748. The molecule has 0 radical (unpaired) electrons. The van der Waals surface area contributed by atoms with Crippen LogP contribution in [-0.2, 0) is 20.2 Å². The minimum Gasteiger partial charge on any atom is -0.339 e. The number of halogens is 1. The molecule has 1 aliphatic carbocycles. The van der Waals surface area contributed by atoms with Crippen molar-refractivity contribution in [2.45, 2.75) is 23.2 Å². The van der Waals surface area contributed by atoms with Crippen LogP contribution < -0.4 is 0 Å². The molecule has 0 spiro atoms. The van der Waals surface area contributed by atoms with Gasteiger partial charge in [-0.2, -0.15) is 9.57 Å². The van der Waals surface area contributed by atoms with E-state index in [0.717, 1.165) is 18.4 Å². The Hall–Kier alpha value is -2.40. The van der Waals surface area contributed by atoms with Gasteiger partial charge in [-0.3, -0.25) is 4.79 Å². The standard InChI is InChI=1S/C21H20ClN3O3S/c22-18-5-3-17(4-6-18)21(9-10-21)20(26)24-11-13-25(14-12-24)29(27,28)19-7-1-16(15-23)2-8-19/h1-8H,9-14H2. The van der Waals surface area contributed by atoms with E-state index in [0.29, 0.717) is 23.7 Å². The van der Waals surface area contributed by atoms with Crippen molar-refractivity contribution in [3.05, 3.63) is 64.7 Å². The van der Waals surface area contributed by atoms with Crippen molar-refractivity contribution in [2.75, 3.05) is 26.2 Å². The van der Waals surface area contributed by atoms with Gasteiger partial charge in [0.15, 0.2) is 0 Å². The Morgan fingerprint density at radius 1 is 0.966 bits per heavy atom. The number of carbonyl (C=O) groups is 1. The number of nitrogens with zero attached hydrogens (tertiary/aromatic N) is 3. The monoisotopic (exact) mass is 429 g/mol. The highest BCUT2D eigenvalue weighted by atomic mass is 35.5. The molecule has 1 saturated carbocycles. The zero-order valence-electron chi connectivity index (χ0n) is 15.7. The van der Waals surface area contributed by atoms with Gasteiger partial charge in [-0.25, -0.2) is 8.42 Å². The Balaban J connectivity index is 1.44. The maximum atomic E-state index is 13.2. The lowest BCUT2D eigenvalue weighted by atomic mass is 9.94. The number of carbonyl (C=O) groups excluding carboxylic acids is 1. The van der Waals surface area contributed by atoms with E-state index in [4.69, 9.17) is 16.9 Å². The van der Waals surface area contributed by atoms with Gasteiger partial charge in [0.05, 0.1) is 21.9 Å². The van der Waals surface area contributed by atoms with E-state index >= 15 is 0 Å². The van der Waals surface area contributed by atoms with Crippen molar-refractivity contribution in [2.24, 2.45) is 0 Å². The molecule has 1 saturated heterocycles. The van der Waals surface area contributed by atoms with Gasteiger partial charge < -0.3 is 4.90 Å². The summed E-state index contributed by atoms with van der Waals surface area (Å²) in [5.41, 5.74) is 0.898. The molecule has 0 unspecified atom stereocenters. The smallest absolute Gasteiger partial charge is 0.243 e. The summed E-state index contributed by atoms with van der Waals surface area (Å²) < 4.78 is 27.1. The average Bonchev–Trinajstić information content (AvgIpc) is 3.56. The van der Waals surface area contributed by atoms with Crippen LogP contribution in [-0.4, -0.2) is 49.7 Å². The summed E-state index contributed by atoms with van der Waals surface area (Å²) in [4.78, 5) is 15.1. The highest BCUT2D eigenvalue weighted by molar-refractivity contribution is 7.89. The van der Waals surface area contributed by atoms with Gasteiger partial charge in [0, 0.05) is 31.2 Å². The van der Waals surface area contributed by atoms with E-state index in [1.165, 1.54) is 28.6 Å². The lowest BCUT2D eigenvalue weighted by molar-refractivity contribution is -0.135. The molecule has 0 atom stereocenters. The number of hydrogen-bond donors (Lipinski definition) is 0. The van der Waals surface area contributed by atoms with Crippen molar-refractivity contribution in [3.63, 3.8) is 0 Å². The molecule has 2 aromatic rings. The summed E-state index contributed by atoms with van der Waals surface area (Å²) in [6.45, 7) is 1.24. The van der Waals surface area contributed by atoms with Crippen molar-refractivity contribution >= 4 is 27.5 Å². The van der Waals surface area contributed by atoms with E-state index in [1.807, 2.05) is 18.2 Å². The fourth-order valence-electron chi connectivity index (χ4n) is 3.80. The van der Waals surface area contributed by atoms with Gasteiger partial charge in [0.1, 0.15) is 0 Å². The average molecular weight is 430 g/mol. The summed E-state index contributed by atoms with van der Waals surface area (Å²) in [6.07, 6.45) is 1.61. The van der Waals surface area contributed by atoms with E-state index in [1.54, 1.807) is 17.0 Å². The largest absolute Gasteiger partial charge is 0.339 e. The molecule has 6 nitrogen and oxygen atoms in total. The first-order valence-corrected chi connectivity index (χ1v) is 11.2. The lowest BCUT2D eigenvalue weighted by Crippen LogP contribution is -2.52. The first kappa shape index (κ1) is 19.9. The molecule has 1 amide bonds. The molecule has 0 bridgehead atoms. The third-order valence-electron chi connectivity index (χ3n) is 5.70. The lowest BCUT2D eigenvalue weighted by Gasteiger charge is -2.36. The van der Waals surface area contributed by atoms with Crippen LogP contribution in [0.2, 0.25) is 5.02 Å². The summed E-state index contributed by atoms with van der Waals surface area (Å²) in [5, 5.41) is 9.51. The van der Waals surface area contributed by atoms with Crippen LogP contribution in [0.3, 0.4) is 0 Å². The summed E-state index contributed by atoms with van der Waals surface area (Å²) in [7, 11) is -3.64. The van der Waals surface area contributed by atoms with Crippen molar-refractivity contribution < 1.29 is 13.2 Å². The summed E-state index contributed by atoms with van der Waals surface area (Å²) in [5.74, 6) is 0.0650. The predicted molar refractivity (Wildman–Crippen MR) is 109 cm³/mol. The highest BCUT2D eigenvalue weighted by Crippen LogP contribution is 2.50. The first-order valence-electron chi connectivity index (χ1n) is 9.43. The van der Waals surface area contributed by atoms with Gasteiger partial charge in [-0.1, -0.05) is 23.7 Å². The van der Waals surface area contributed by atoms with Crippen LogP contribution in [0, 0.1) is 11.3 Å². The third-order valence-corrected chi connectivity index (χ3v) is 7.87. The van der Waals surface area contributed by atoms with Gasteiger partial charge in [-0.15, -0.1) is 0 Å². The Morgan fingerprint density at radius 3 is 2.07 bits per heavy atom. The molecule has 1 heterocycles. The second kappa shape index (κ2) is 7.45. The number of rotatable bonds is 4. The van der Waals surface area contributed by atoms with E-state index in [2.05, 4.69) is 0 Å². The molecule has 8 heteroatoms. The van der Waals surface area contributed by atoms with Crippen LogP contribution in [0.25, 0.3) is 0 Å². The highest BCUT2D eigenvalue weighted by Gasteiger charge is 2.53. The molecule has 29 heavy (non-hydrogen) atoms. The molecule has 150 valence electrons. The van der Waals surface area contributed by atoms with E-state index in [9.17, 15) is 13.2 Å². The summed E-state index contributed by atoms with van der Waals surface area (Å²) in [6, 6.07) is 15.3. The number of sulfonamides is 1. The van der Waals surface area contributed by atoms with Crippen molar-refractivity contribution in [3.8, 4) is 6.07 Å². The number of hydrogen-bond acceptors (Lipinski definition) is 4. The van der Waals surface area contributed by atoms with E-state index in [-0.39, 0.29) is 23.9 Å². The predicted octanol–water partition coefficient (Wildman–Crippen LogP) is 2.78. The number of piperazine rings is 1. The Bertz CT molecular complexity index is 1060. The van der Waals surface area contributed by atoms with Gasteiger partial charge >= 0.3 is 0 Å². The molecular weight excluding hydrogens is 410 g/mol. The zero-order chi connectivity index (χ0) is 20.6. The molecule has 4 rings (SSSR count). The van der Waals surface area contributed by atoms with Crippen LogP contribution in [0.5, 0.6) is 0 Å². The normalized spacial score (nSPS) is 18.8. The van der Waals surface area contributed by atoms with Crippen LogP contribution >= 0.6 is 11.6 Å². The minimum absolute atomic E-state index is 0.0650. The zero-order valence-corrected chi connectivity index (χ0v) is 17.3. The molecule has 2 aliphatic rings. The van der Waals surface area contributed by atoms with Crippen molar-refractivity contribution in [1.29, 1.82) is 5.26 Å². The molecule has 0 aromatic heterocycles. The third kappa shape index (κ3) is 3.64. The number of nitriles is 1. The second-order valence-corrected chi connectivity index (χ2v) is 9.80. The van der Waals surface area contributed by atoms with E-state index < -0.39 is 15.4 Å². The van der Waals surface area contributed by atoms with Gasteiger partial charge in [-0.05, 0) is 54.8 Å². The van der Waals surface area contributed by atoms with Crippen molar-refractivity contribution in [1.82, 2.24) is 9.21 Å². The molecule has 2 fully saturated rings. The second-order valence-electron chi connectivity index (χ2n) is 7.42. The summed E-state index contributed by atoms with van der Waals surface area (Å²) >= 11 is 5.96. The van der Waals surface area contributed by atoms with Gasteiger partial charge in [0.25, 0.3) is 0 Å². The van der Waals surface area contributed by atoms with Gasteiger partial charge in [0.2, 0.25) is 15.9 Å². The molecular formula is C21H20ClN3O3S. The fraction of sp³-hybridized carbons (Fsp3) is 0.333. The minimum atomic E-state index is -3.64. The Labute approximate surface area is 175 Å². The van der Waals surface area contributed by atoms with Crippen LogP contribution in [0.1, 0.15) is 24.0 Å². The topological polar surface area (TPSA) is 81.5 Å². The fourth-order valence-corrected chi connectivity index (χ4v) is 5.35. The molecule has 1 aliphatic heterocycles. The molecule has 2 aromatic carbocycles. The maximum Gasteiger partial charge on any atom is 0.243 e. The Morgan fingerprint density at radius 2 is 1.55 bits per heavy atom. The number of amides is 1. The number of benzene rings is 2. The first-order chi connectivity index (χ1) is 13.9. The van der Waals surface area contributed by atoms with Crippen LogP contribution in [0.4, 0.5) is 0 Å². The molecule has 0 N–H and O–H groups in total.